The number of hydrogen-bond acceptors (Lipinski definition) is 4. The highest BCUT2D eigenvalue weighted by atomic mass is 16.2. The fourth-order valence-corrected chi connectivity index (χ4v) is 3.34. The molecule has 1 fully saturated rings. The molecular weight excluding hydrogens is 304 g/mol. The first-order valence-corrected chi connectivity index (χ1v) is 8.71. The first-order valence-electron chi connectivity index (χ1n) is 8.71. The lowest BCUT2D eigenvalue weighted by Crippen LogP contribution is -2.39. The van der Waals surface area contributed by atoms with Crippen molar-refractivity contribution in [2.24, 2.45) is 11.0 Å². The lowest BCUT2D eigenvalue weighted by molar-refractivity contribution is -0.132. The number of hydrogen-bond donors (Lipinski definition) is 1. The van der Waals surface area contributed by atoms with Gasteiger partial charge in [0.15, 0.2) is 0 Å². The number of likely N-dealkylation sites (tertiary alicyclic amines) is 1. The third-order valence-electron chi connectivity index (χ3n) is 4.82. The van der Waals surface area contributed by atoms with E-state index in [1.165, 1.54) is 5.56 Å². The molecule has 24 heavy (non-hydrogen) atoms. The second-order valence-corrected chi connectivity index (χ2v) is 6.60. The maximum atomic E-state index is 12.3. The van der Waals surface area contributed by atoms with E-state index in [9.17, 15) is 9.59 Å². The van der Waals surface area contributed by atoms with Crippen molar-refractivity contribution in [1.82, 2.24) is 15.3 Å². The summed E-state index contributed by atoms with van der Waals surface area (Å²) in [5.41, 5.74) is 4.69. The summed E-state index contributed by atoms with van der Waals surface area (Å²) in [4.78, 5) is 29.5. The van der Waals surface area contributed by atoms with E-state index in [1.54, 1.807) is 6.20 Å². The zero-order valence-electron chi connectivity index (χ0n) is 13.9. The summed E-state index contributed by atoms with van der Waals surface area (Å²) in [6, 6.07) is 4.10. The molecule has 1 saturated heterocycles. The number of hydrazone groups is 1. The molecule has 128 valence electrons. The molecule has 6 heteroatoms. The van der Waals surface area contributed by atoms with Gasteiger partial charge in [-0.1, -0.05) is 6.07 Å². The van der Waals surface area contributed by atoms with Crippen LogP contribution in [0.3, 0.4) is 0 Å². The third-order valence-corrected chi connectivity index (χ3v) is 4.82. The molecule has 6 nitrogen and oxygen atoms in total. The number of piperidine rings is 1. The van der Waals surface area contributed by atoms with Crippen molar-refractivity contribution >= 4 is 17.5 Å². The molecule has 1 N–H and O–H groups in total. The SMILES string of the molecule is O=C1CCC(CCC(=O)N2CCC(Cc3cccnc3)CC2)=NN1. The molecule has 3 heterocycles. The van der Waals surface area contributed by atoms with Gasteiger partial charge in [0.05, 0.1) is 0 Å². The summed E-state index contributed by atoms with van der Waals surface area (Å²) < 4.78 is 0. The van der Waals surface area contributed by atoms with E-state index in [0.29, 0.717) is 31.6 Å². The lowest BCUT2D eigenvalue weighted by atomic mass is 9.90. The molecule has 0 aromatic carbocycles. The number of pyridine rings is 1. The Labute approximate surface area is 142 Å². The van der Waals surface area contributed by atoms with E-state index in [4.69, 9.17) is 0 Å². The van der Waals surface area contributed by atoms with Crippen molar-refractivity contribution in [2.45, 2.75) is 44.9 Å². The second kappa shape index (κ2) is 8.04. The molecule has 0 atom stereocenters. The molecular formula is C18H24N4O2. The number of rotatable bonds is 5. The van der Waals surface area contributed by atoms with Gasteiger partial charge in [-0.15, -0.1) is 0 Å². The Bertz CT molecular complexity index is 607. The number of carbonyl (C=O) groups is 2. The van der Waals surface area contributed by atoms with Crippen molar-refractivity contribution in [2.75, 3.05) is 13.1 Å². The Hall–Kier alpha value is -2.24. The zero-order valence-corrected chi connectivity index (χ0v) is 13.9. The van der Waals surface area contributed by atoms with Gasteiger partial charge in [0, 0.05) is 44.0 Å². The fourth-order valence-electron chi connectivity index (χ4n) is 3.34. The lowest BCUT2D eigenvalue weighted by Gasteiger charge is -2.32. The maximum Gasteiger partial charge on any atom is 0.240 e. The van der Waals surface area contributed by atoms with Gasteiger partial charge in [0.25, 0.3) is 0 Å². The highest BCUT2D eigenvalue weighted by Crippen LogP contribution is 2.22. The number of amides is 2. The van der Waals surface area contributed by atoms with Crippen LogP contribution in [0.5, 0.6) is 0 Å². The first-order chi connectivity index (χ1) is 11.7. The molecule has 2 amide bonds. The Morgan fingerprint density at radius 2 is 2.12 bits per heavy atom. The van der Waals surface area contributed by atoms with Gasteiger partial charge < -0.3 is 4.90 Å². The van der Waals surface area contributed by atoms with Crippen molar-refractivity contribution in [3.63, 3.8) is 0 Å². The number of carbonyl (C=O) groups excluding carboxylic acids is 2. The van der Waals surface area contributed by atoms with Crippen molar-refractivity contribution < 1.29 is 9.59 Å². The summed E-state index contributed by atoms with van der Waals surface area (Å²) in [5.74, 6) is 0.798. The topological polar surface area (TPSA) is 74.7 Å². The molecule has 0 radical (unpaired) electrons. The normalized spacial score (nSPS) is 18.9. The minimum Gasteiger partial charge on any atom is -0.343 e. The smallest absolute Gasteiger partial charge is 0.240 e. The highest BCUT2D eigenvalue weighted by molar-refractivity contribution is 5.94. The predicted octanol–water partition coefficient (Wildman–Crippen LogP) is 1.91. The summed E-state index contributed by atoms with van der Waals surface area (Å²) in [5, 5.41) is 4.03. The summed E-state index contributed by atoms with van der Waals surface area (Å²) >= 11 is 0. The Kier molecular flexibility index (Phi) is 5.56. The van der Waals surface area contributed by atoms with Crippen LogP contribution in [0.2, 0.25) is 0 Å². The quantitative estimate of drug-likeness (QED) is 0.897. The van der Waals surface area contributed by atoms with Gasteiger partial charge in [-0.2, -0.15) is 5.10 Å². The molecule has 0 spiro atoms. The maximum absolute atomic E-state index is 12.3. The number of nitrogens with zero attached hydrogens (tertiary/aromatic N) is 3. The van der Waals surface area contributed by atoms with Crippen LogP contribution in [0.4, 0.5) is 0 Å². The van der Waals surface area contributed by atoms with E-state index in [2.05, 4.69) is 21.6 Å². The largest absolute Gasteiger partial charge is 0.343 e. The molecule has 0 aliphatic carbocycles. The van der Waals surface area contributed by atoms with E-state index in [-0.39, 0.29) is 11.8 Å². The Morgan fingerprint density at radius 1 is 1.29 bits per heavy atom. The van der Waals surface area contributed by atoms with Crippen LogP contribution in [-0.2, 0) is 16.0 Å². The minimum absolute atomic E-state index is 0.0410. The van der Waals surface area contributed by atoms with E-state index >= 15 is 0 Å². The standard InChI is InChI=1S/C18H24N4O2/c23-17-5-3-16(20-21-17)4-6-18(24)22-10-7-14(8-11-22)12-15-2-1-9-19-13-15/h1-2,9,13-14H,3-8,10-12H2,(H,21,23). The third kappa shape index (κ3) is 4.63. The highest BCUT2D eigenvalue weighted by Gasteiger charge is 2.23. The van der Waals surface area contributed by atoms with Crippen LogP contribution < -0.4 is 5.43 Å². The van der Waals surface area contributed by atoms with E-state index in [1.807, 2.05) is 17.2 Å². The molecule has 3 rings (SSSR count). The molecule has 1 aromatic rings. The van der Waals surface area contributed by atoms with E-state index in [0.717, 1.165) is 38.1 Å². The van der Waals surface area contributed by atoms with Crippen LogP contribution in [0.15, 0.2) is 29.6 Å². The van der Waals surface area contributed by atoms with Gasteiger partial charge in [0.1, 0.15) is 0 Å². The monoisotopic (exact) mass is 328 g/mol. The van der Waals surface area contributed by atoms with Crippen LogP contribution in [0.25, 0.3) is 0 Å². The number of aromatic nitrogens is 1. The van der Waals surface area contributed by atoms with Crippen molar-refractivity contribution in [3.8, 4) is 0 Å². The van der Waals surface area contributed by atoms with Crippen LogP contribution in [-0.4, -0.2) is 40.5 Å². The van der Waals surface area contributed by atoms with Gasteiger partial charge in [-0.05, 0) is 49.7 Å². The Balaban J connectivity index is 1.39. The molecule has 2 aliphatic heterocycles. The fraction of sp³-hybridized carbons (Fsp3) is 0.556. The number of nitrogens with one attached hydrogen (secondary N) is 1. The zero-order chi connectivity index (χ0) is 16.8. The second-order valence-electron chi connectivity index (χ2n) is 6.60. The van der Waals surface area contributed by atoms with Gasteiger partial charge in [-0.3, -0.25) is 14.6 Å². The van der Waals surface area contributed by atoms with Gasteiger partial charge in [-0.25, -0.2) is 5.43 Å². The predicted molar refractivity (Wildman–Crippen MR) is 91.3 cm³/mol. The molecule has 0 bridgehead atoms. The summed E-state index contributed by atoms with van der Waals surface area (Å²) in [7, 11) is 0. The van der Waals surface area contributed by atoms with Crippen LogP contribution in [0, 0.1) is 5.92 Å². The molecule has 0 unspecified atom stereocenters. The average molecular weight is 328 g/mol. The van der Waals surface area contributed by atoms with Crippen LogP contribution >= 0.6 is 0 Å². The van der Waals surface area contributed by atoms with Crippen molar-refractivity contribution in [1.29, 1.82) is 0 Å². The van der Waals surface area contributed by atoms with Gasteiger partial charge >= 0.3 is 0 Å². The molecule has 2 aliphatic rings. The first kappa shape index (κ1) is 16.6. The summed E-state index contributed by atoms with van der Waals surface area (Å²) in [6.45, 7) is 1.68. The molecule has 1 aromatic heterocycles. The Morgan fingerprint density at radius 3 is 2.79 bits per heavy atom. The van der Waals surface area contributed by atoms with E-state index < -0.39 is 0 Å². The minimum atomic E-state index is -0.0410. The van der Waals surface area contributed by atoms with Crippen LogP contribution in [0.1, 0.15) is 44.1 Å². The van der Waals surface area contributed by atoms with Gasteiger partial charge in [0.2, 0.25) is 11.8 Å². The summed E-state index contributed by atoms with van der Waals surface area (Å²) in [6.07, 6.45) is 9.17. The molecule has 0 saturated carbocycles. The van der Waals surface area contributed by atoms with Crippen molar-refractivity contribution in [3.05, 3.63) is 30.1 Å². The average Bonchev–Trinajstić information content (AvgIpc) is 2.62.